The Balaban J connectivity index is 1.82. The van der Waals surface area contributed by atoms with Crippen LogP contribution in [0.5, 0.6) is 0 Å². The van der Waals surface area contributed by atoms with E-state index >= 15 is 0 Å². The number of aryl methyl sites for hydroxylation is 3. The maximum Gasteiger partial charge on any atom is 0.238 e. The largest absolute Gasteiger partial charge is 0.310 e. The number of nitrogens with zero attached hydrogens (tertiary/aromatic N) is 3. The van der Waals surface area contributed by atoms with E-state index < -0.39 is 0 Å². The number of carbonyl (C=O) groups is 1. The van der Waals surface area contributed by atoms with Crippen LogP contribution in [-0.2, 0) is 4.79 Å². The quantitative estimate of drug-likeness (QED) is 0.511. The zero-order valence-corrected chi connectivity index (χ0v) is 16.6. The number of rotatable bonds is 4. The molecule has 0 saturated heterocycles. The van der Waals surface area contributed by atoms with Crippen molar-refractivity contribution in [3.8, 4) is 0 Å². The van der Waals surface area contributed by atoms with Crippen LogP contribution in [0.25, 0.3) is 10.2 Å². The zero-order chi connectivity index (χ0) is 18.1. The molecule has 1 N–H and O–H groups in total. The fourth-order valence-electron chi connectivity index (χ4n) is 2.30. The molecule has 25 heavy (non-hydrogen) atoms. The first-order valence-electron chi connectivity index (χ1n) is 7.68. The van der Waals surface area contributed by atoms with Crippen LogP contribution in [0.4, 0.5) is 5.82 Å². The highest BCUT2D eigenvalue weighted by atomic mass is 35.5. The second kappa shape index (κ2) is 7.27. The van der Waals surface area contributed by atoms with Gasteiger partial charge in [-0.25, -0.2) is 15.0 Å². The highest BCUT2D eigenvalue weighted by Gasteiger charge is 2.20. The van der Waals surface area contributed by atoms with Gasteiger partial charge < -0.3 is 5.32 Å². The van der Waals surface area contributed by atoms with E-state index in [-0.39, 0.29) is 11.2 Å². The number of pyridine rings is 1. The maximum atomic E-state index is 12.5. The van der Waals surface area contributed by atoms with Gasteiger partial charge in [0.25, 0.3) is 0 Å². The van der Waals surface area contributed by atoms with Crippen LogP contribution in [0.2, 0.25) is 5.02 Å². The highest BCUT2D eigenvalue weighted by Crippen LogP contribution is 2.36. The summed E-state index contributed by atoms with van der Waals surface area (Å²) < 4.78 is 0. The molecule has 5 nitrogen and oxygen atoms in total. The summed E-state index contributed by atoms with van der Waals surface area (Å²) in [6, 6.07) is 3.37. The van der Waals surface area contributed by atoms with Gasteiger partial charge in [-0.05, 0) is 45.4 Å². The SMILES string of the molecule is Cc1nc(S[C@@H](C)C(=O)Nc2ccc(Cl)cn2)c2c(C)c(C)sc2n1. The van der Waals surface area contributed by atoms with E-state index in [1.807, 2.05) is 13.8 Å². The topological polar surface area (TPSA) is 67.8 Å². The monoisotopic (exact) mass is 392 g/mol. The summed E-state index contributed by atoms with van der Waals surface area (Å²) in [6.07, 6.45) is 1.50. The van der Waals surface area contributed by atoms with Gasteiger partial charge in [-0.1, -0.05) is 23.4 Å². The normalized spacial score (nSPS) is 12.4. The fourth-order valence-corrected chi connectivity index (χ4v) is 4.60. The van der Waals surface area contributed by atoms with E-state index in [1.54, 1.807) is 23.5 Å². The van der Waals surface area contributed by atoms with E-state index in [0.29, 0.717) is 16.7 Å². The second-order valence-electron chi connectivity index (χ2n) is 5.65. The summed E-state index contributed by atoms with van der Waals surface area (Å²) in [5, 5.41) is 4.89. The Labute approximate surface area is 159 Å². The van der Waals surface area contributed by atoms with Crippen LogP contribution >= 0.6 is 34.7 Å². The maximum absolute atomic E-state index is 12.5. The summed E-state index contributed by atoms with van der Waals surface area (Å²) in [6.45, 7) is 7.87. The van der Waals surface area contributed by atoms with E-state index in [4.69, 9.17) is 11.6 Å². The number of hydrogen-bond acceptors (Lipinski definition) is 6. The van der Waals surface area contributed by atoms with Gasteiger partial charge in [0.15, 0.2) is 0 Å². The number of anilines is 1. The number of amides is 1. The van der Waals surface area contributed by atoms with Crippen LogP contribution in [0.15, 0.2) is 23.4 Å². The molecular formula is C17H17ClN4OS2. The third-order valence-electron chi connectivity index (χ3n) is 3.74. The van der Waals surface area contributed by atoms with Crippen LogP contribution in [0.3, 0.4) is 0 Å². The molecule has 3 rings (SSSR count). The Morgan fingerprint density at radius 3 is 2.72 bits per heavy atom. The second-order valence-corrected chi connectivity index (χ2v) is 8.62. The summed E-state index contributed by atoms with van der Waals surface area (Å²) >= 11 is 8.91. The minimum atomic E-state index is -0.324. The van der Waals surface area contributed by atoms with Crippen molar-refractivity contribution in [2.75, 3.05) is 5.32 Å². The molecule has 0 radical (unpaired) electrons. The Morgan fingerprint density at radius 1 is 1.28 bits per heavy atom. The third-order valence-corrected chi connectivity index (χ3v) is 6.15. The summed E-state index contributed by atoms with van der Waals surface area (Å²) in [4.78, 5) is 27.8. The van der Waals surface area contributed by atoms with Crippen molar-refractivity contribution < 1.29 is 4.79 Å². The van der Waals surface area contributed by atoms with E-state index in [9.17, 15) is 4.79 Å². The molecule has 130 valence electrons. The summed E-state index contributed by atoms with van der Waals surface area (Å²) in [5.74, 6) is 1.06. The molecule has 8 heteroatoms. The number of thioether (sulfide) groups is 1. The van der Waals surface area contributed by atoms with E-state index in [1.165, 1.54) is 28.4 Å². The summed E-state index contributed by atoms with van der Waals surface area (Å²) in [5.41, 5.74) is 1.18. The number of fused-ring (bicyclic) bond motifs is 1. The Morgan fingerprint density at radius 2 is 2.04 bits per heavy atom. The van der Waals surface area contributed by atoms with Crippen LogP contribution in [0, 0.1) is 20.8 Å². The summed E-state index contributed by atoms with van der Waals surface area (Å²) in [7, 11) is 0. The van der Waals surface area contributed by atoms with Gasteiger partial charge in [0.1, 0.15) is 21.5 Å². The highest BCUT2D eigenvalue weighted by molar-refractivity contribution is 8.00. The Kier molecular flexibility index (Phi) is 5.27. The van der Waals surface area contributed by atoms with Crippen molar-refractivity contribution in [2.24, 2.45) is 0 Å². The number of halogens is 1. The molecule has 0 bridgehead atoms. The van der Waals surface area contributed by atoms with Gasteiger partial charge in [0, 0.05) is 16.5 Å². The predicted octanol–water partition coefficient (Wildman–Crippen LogP) is 4.78. The predicted molar refractivity (Wildman–Crippen MR) is 105 cm³/mol. The van der Waals surface area contributed by atoms with Crippen LogP contribution in [0.1, 0.15) is 23.2 Å². The average Bonchev–Trinajstić information content (AvgIpc) is 2.83. The standard InChI is InChI=1S/C17H17ClN4OS2/c1-8-9(2)24-16-14(8)17(21-11(4)20-16)25-10(3)15(23)22-13-6-5-12(18)7-19-13/h5-7,10H,1-4H3,(H,19,22,23)/t10-/m0/s1. The molecule has 0 unspecified atom stereocenters. The van der Waals surface area contributed by atoms with Crippen LogP contribution in [-0.4, -0.2) is 26.1 Å². The molecule has 0 aliphatic rings. The molecule has 0 aromatic carbocycles. The molecular weight excluding hydrogens is 376 g/mol. The first-order valence-corrected chi connectivity index (χ1v) is 9.76. The molecule has 0 fully saturated rings. The first-order chi connectivity index (χ1) is 11.8. The first kappa shape index (κ1) is 18.1. The van der Waals surface area contributed by atoms with E-state index in [0.717, 1.165) is 15.2 Å². The molecule has 3 aromatic heterocycles. The third kappa shape index (κ3) is 3.94. The van der Waals surface area contributed by atoms with Gasteiger partial charge in [0.2, 0.25) is 5.91 Å². The lowest BCUT2D eigenvalue weighted by molar-refractivity contribution is -0.115. The van der Waals surface area contributed by atoms with Gasteiger partial charge in [-0.2, -0.15) is 0 Å². The van der Waals surface area contributed by atoms with Gasteiger partial charge >= 0.3 is 0 Å². The number of aromatic nitrogens is 3. The smallest absolute Gasteiger partial charge is 0.238 e. The molecule has 0 aliphatic carbocycles. The number of nitrogens with one attached hydrogen (secondary N) is 1. The van der Waals surface area contributed by atoms with Crippen molar-refractivity contribution in [1.29, 1.82) is 0 Å². The molecule has 0 aliphatic heterocycles. The lowest BCUT2D eigenvalue weighted by Gasteiger charge is -2.12. The van der Waals surface area contributed by atoms with E-state index in [2.05, 4.69) is 34.1 Å². The number of thiophene rings is 1. The molecule has 3 aromatic rings. The molecule has 1 amide bonds. The minimum absolute atomic E-state index is 0.131. The lowest BCUT2D eigenvalue weighted by atomic mass is 10.2. The average molecular weight is 393 g/mol. The van der Waals surface area contributed by atoms with Gasteiger partial charge in [0.05, 0.1) is 10.3 Å². The zero-order valence-electron chi connectivity index (χ0n) is 14.3. The van der Waals surface area contributed by atoms with Crippen molar-refractivity contribution >= 4 is 56.6 Å². The van der Waals surface area contributed by atoms with Gasteiger partial charge in [-0.15, -0.1) is 11.3 Å². The lowest BCUT2D eigenvalue weighted by Crippen LogP contribution is -2.23. The molecule has 1 atom stereocenters. The van der Waals surface area contributed by atoms with Crippen molar-refractivity contribution in [3.63, 3.8) is 0 Å². The minimum Gasteiger partial charge on any atom is -0.310 e. The fraction of sp³-hybridized carbons (Fsp3) is 0.294. The van der Waals surface area contributed by atoms with Gasteiger partial charge in [-0.3, -0.25) is 4.79 Å². The number of hydrogen-bond donors (Lipinski definition) is 1. The van der Waals surface area contributed by atoms with Crippen molar-refractivity contribution in [3.05, 3.63) is 39.6 Å². The Hall–Kier alpha value is -1.70. The number of carbonyl (C=O) groups excluding carboxylic acids is 1. The molecule has 0 saturated carbocycles. The van der Waals surface area contributed by atoms with Crippen molar-refractivity contribution in [1.82, 2.24) is 15.0 Å². The molecule has 3 heterocycles. The molecule has 0 spiro atoms. The van der Waals surface area contributed by atoms with Crippen molar-refractivity contribution in [2.45, 2.75) is 38.0 Å². The Bertz CT molecular complexity index is 940. The van der Waals surface area contributed by atoms with Crippen LogP contribution < -0.4 is 5.32 Å².